The standard InChI is InChI=1S/C15H19N3O2/c1-12-16-6-7-18(12)10-14-5-3-4-13(8-14)9-17-15(19)11-20-2/h3-8H,9-11H2,1-2H3,(H,17,19). The molecule has 2 aromatic rings. The summed E-state index contributed by atoms with van der Waals surface area (Å²) < 4.78 is 6.86. The van der Waals surface area contributed by atoms with Crippen molar-refractivity contribution in [3.05, 3.63) is 53.6 Å². The molecule has 0 saturated heterocycles. The van der Waals surface area contributed by atoms with E-state index in [1.165, 1.54) is 12.7 Å². The first-order valence-corrected chi connectivity index (χ1v) is 6.50. The number of carbonyl (C=O) groups is 1. The molecular formula is C15H19N3O2. The Morgan fingerprint density at radius 3 is 2.90 bits per heavy atom. The van der Waals surface area contributed by atoms with Gasteiger partial charge in [-0.25, -0.2) is 4.98 Å². The van der Waals surface area contributed by atoms with Crippen LogP contribution in [0.1, 0.15) is 17.0 Å². The van der Waals surface area contributed by atoms with E-state index in [1.54, 1.807) is 6.20 Å². The van der Waals surface area contributed by atoms with Crippen molar-refractivity contribution in [1.82, 2.24) is 14.9 Å². The molecule has 0 aliphatic heterocycles. The highest BCUT2D eigenvalue weighted by Crippen LogP contribution is 2.08. The van der Waals surface area contributed by atoms with Gasteiger partial charge in [-0.15, -0.1) is 0 Å². The van der Waals surface area contributed by atoms with Crippen molar-refractivity contribution in [2.24, 2.45) is 0 Å². The molecule has 0 atom stereocenters. The molecule has 1 N–H and O–H groups in total. The number of nitrogens with zero attached hydrogens (tertiary/aromatic N) is 2. The zero-order valence-corrected chi connectivity index (χ0v) is 11.8. The molecule has 0 aliphatic carbocycles. The summed E-state index contributed by atoms with van der Waals surface area (Å²) in [5.74, 6) is 0.882. The van der Waals surface area contributed by atoms with Gasteiger partial charge in [0.2, 0.25) is 5.91 Å². The van der Waals surface area contributed by atoms with Gasteiger partial charge in [-0.3, -0.25) is 4.79 Å². The molecule has 106 valence electrons. The van der Waals surface area contributed by atoms with E-state index < -0.39 is 0 Å². The molecule has 1 heterocycles. The summed E-state index contributed by atoms with van der Waals surface area (Å²) in [7, 11) is 1.51. The minimum atomic E-state index is -0.108. The van der Waals surface area contributed by atoms with E-state index in [0.29, 0.717) is 6.54 Å². The van der Waals surface area contributed by atoms with Crippen LogP contribution in [0.25, 0.3) is 0 Å². The Kier molecular flexibility index (Phi) is 4.90. The number of methoxy groups -OCH3 is 1. The number of aryl methyl sites for hydroxylation is 1. The van der Waals surface area contributed by atoms with Crippen molar-refractivity contribution in [3.8, 4) is 0 Å². The third kappa shape index (κ3) is 3.93. The van der Waals surface area contributed by atoms with Crippen molar-refractivity contribution in [3.63, 3.8) is 0 Å². The average Bonchev–Trinajstić information content (AvgIpc) is 2.83. The van der Waals surface area contributed by atoms with Gasteiger partial charge in [-0.05, 0) is 18.1 Å². The lowest BCUT2D eigenvalue weighted by Gasteiger charge is -2.08. The van der Waals surface area contributed by atoms with Crippen LogP contribution in [-0.2, 0) is 22.6 Å². The summed E-state index contributed by atoms with van der Waals surface area (Å²) in [5.41, 5.74) is 2.26. The Morgan fingerprint density at radius 1 is 1.40 bits per heavy atom. The number of ether oxygens (including phenoxy) is 1. The van der Waals surface area contributed by atoms with Crippen LogP contribution in [0, 0.1) is 6.92 Å². The maximum absolute atomic E-state index is 11.4. The van der Waals surface area contributed by atoms with Crippen LogP contribution in [-0.4, -0.2) is 29.2 Å². The van der Waals surface area contributed by atoms with E-state index in [4.69, 9.17) is 4.74 Å². The number of hydrogen-bond donors (Lipinski definition) is 1. The second kappa shape index (κ2) is 6.86. The topological polar surface area (TPSA) is 56.1 Å². The molecular weight excluding hydrogens is 254 g/mol. The quantitative estimate of drug-likeness (QED) is 0.868. The maximum atomic E-state index is 11.4. The van der Waals surface area contributed by atoms with Crippen LogP contribution in [0.2, 0.25) is 0 Å². The largest absolute Gasteiger partial charge is 0.375 e. The SMILES string of the molecule is COCC(=O)NCc1cccc(Cn2ccnc2C)c1. The normalized spacial score (nSPS) is 10.5. The lowest BCUT2D eigenvalue weighted by molar-refractivity contribution is -0.124. The first-order valence-electron chi connectivity index (χ1n) is 6.50. The average molecular weight is 273 g/mol. The molecule has 2 rings (SSSR count). The number of nitrogens with one attached hydrogen (secondary N) is 1. The molecule has 0 radical (unpaired) electrons. The Hall–Kier alpha value is -2.14. The Labute approximate surface area is 118 Å². The lowest BCUT2D eigenvalue weighted by atomic mass is 10.1. The van der Waals surface area contributed by atoms with E-state index >= 15 is 0 Å². The summed E-state index contributed by atoms with van der Waals surface area (Å²) in [6.07, 6.45) is 3.76. The van der Waals surface area contributed by atoms with Crippen molar-refractivity contribution in [1.29, 1.82) is 0 Å². The van der Waals surface area contributed by atoms with Crippen LogP contribution in [0.4, 0.5) is 0 Å². The second-order valence-electron chi connectivity index (χ2n) is 4.63. The zero-order valence-electron chi connectivity index (χ0n) is 11.8. The monoisotopic (exact) mass is 273 g/mol. The first kappa shape index (κ1) is 14.3. The lowest BCUT2D eigenvalue weighted by Crippen LogP contribution is -2.26. The van der Waals surface area contributed by atoms with Crippen molar-refractivity contribution >= 4 is 5.91 Å². The van der Waals surface area contributed by atoms with Crippen LogP contribution in [0.3, 0.4) is 0 Å². The molecule has 0 bridgehead atoms. The highest BCUT2D eigenvalue weighted by molar-refractivity contribution is 5.77. The number of carbonyl (C=O) groups excluding carboxylic acids is 1. The summed E-state index contributed by atoms with van der Waals surface area (Å²) >= 11 is 0. The maximum Gasteiger partial charge on any atom is 0.246 e. The molecule has 5 heteroatoms. The molecule has 0 unspecified atom stereocenters. The molecule has 20 heavy (non-hydrogen) atoms. The minimum Gasteiger partial charge on any atom is -0.375 e. The molecule has 0 saturated carbocycles. The van der Waals surface area contributed by atoms with Crippen LogP contribution in [0.5, 0.6) is 0 Å². The number of rotatable bonds is 6. The van der Waals surface area contributed by atoms with Crippen LogP contribution >= 0.6 is 0 Å². The zero-order chi connectivity index (χ0) is 14.4. The Bertz CT molecular complexity index is 578. The fourth-order valence-electron chi connectivity index (χ4n) is 1.99. The third-order valence-corrected chi connectivity index (χ3v) is 3.03. The predicted octanol–water partition coefficient (Wildman–Crippen LogP) is 1.50. The van der Waals surface area contributed by atoms with E-state index in [1.807, 2.05) is 25.3 Å². The summed E-state index contributed by atoms with van der Waals surface area (Å²) in [6, 6.07) is 8.16. The smallest absolute Gasteiger partial charge is 0.246 e. The van der Waals surface area contributed by atoms with Gasteiger partial charge >= 0.3 is 0 Å². The van der Waals surface area contributed by atoms with Gasteiger partial charge < -0.3 is 14.6 Å². The Morgan fingerprint density at radius 2 is 2.20 bits per heavy atom. The summed E-state index contributed by atoms with van der Waals surface area (Å²) in [5, 5.41) is 2.81. The van der Waals surface area contributed by atoms with Gasteiger partial charge in [0, 0.05) is 32.6 Å². The summed E-state index contributed by atoms with van der Waals surface area (Å²) in [4.78, 5) is 15.6. The molecule has 0 fully saturated rings. The van der Waals surface area contributed by atoms with Gasteiger partial charge in [0.1, 0.15) is 12.4 Å². The molecule has 0 spiro atoms. The molecule has 1 amide bonds. The molecule has 0 aliphatic rings. The number of imidazole rings is 1. The fourth-order valence-corrected chi connectivity index (χ4v) is 1.99. The van der Waals surface area contributed by atoms with E-state index in [9.17, 15) is 4.79 Å². The number of hydrogen-bond acceptors (Lipinski definition) is 3. The van der Waals surface area contributed by atoms with E-state index in [0.717, 1.165) is 17.9 Å². The number of aromatic nitrogens is 2. The fraction of sp³-hybridized carbons (Fsp3) is 0.333. The van der Waals surface area contributed by atoms with Gasteiger partial charge in [-0.1, -0.05) is 24.3 Å². The highest BCUT2D eigenvalue weighted by Gasteiger charge is 2.02. The minimum absolute atomic E-state index is 0.0912. The van der Waals surface area contributed by atoms with Gasteiger partial charge in [-0.2, -0.15) is 0 Å². The van der Waals surface area contributed by atoms with Crippen molar-refractivity contribution in [2.45, 2.75) is 20.0 Å². The Balaban J connectivity index is 1.97. The number of amides is 1. The number of benzene rings is 1. The molecule has 1 aromatic carbocycles. The van der Waals surface area contributed by atoms with Gasteiger partial charge in [0.05, 0.1) is 0 Å². The van der Waals surface area contributed by atoms with Gasteiger partial charge in [0.25, 0.3) is 0 Å². The van der Waals surface area contributed by atoms with Gasteiger partial charge in [0.15, 0.2) is 0 Å². The van der Waals surface area contributed by atoms with E-state index in [2.05, 4.69) is 27.0 Å². The van der Waals surface area contributed by atoms with Crippen molar-refractivity contribution in [2.75, 3.05) is 13.7 Å². The molecule has 1 aromatic heterocycles. The highest BCUT2D eigenvalue weighted by atomic mass is 16.5. The second-order valence-corrected chi connectivity index (χ2v) is 4.63. The summed E-state index contributed by atoms with van der Waals surface area (Å²) in [6.45, 7) is 3.37. The van der Waals surface area contributed by atoms with Crippen molar-refractivity contribution < 1.29 is 9.53 Å². The van der Waals surface area contributed by atoms with Crippen LogP contribution in [0.15, 0.2) is 36.7 Å². The third-order valence-electron chi connectivity index (χ3n) is 3.03. The molecule has 5 nitrogen and oxygen atoms in total. The van der Waals surface area contributed by atoms with E-state index in [-0.39, 0.29) is 12.5 Å². The predicted molar refractivity (Wildman–Crippen MR) is 76.2 cm³/mol. The first-order chi connectivity index (χ1) is 9.69. The van der Waals surface area contributed by atoms with Crippen LogP contribution < -0.4 is 5.32 Å².